The van der Waals surface area contributed by atoms with Crippen LogP contribution in [0.3, 0.4) is 0 Å². The van der Waals surface area contributed by atoms with Crippen LogP contribution in [-0.2, 0) is 9.53 Å². The Morgan fingerprint density at radius 1 is 1.11 bits per heavy atom. The molecule has 0 radical (unpaired) electrons. The number of para-hydroxylation sites is 1. The van der Waals surface area contributed by atoms with E-state index in [0.717, 1.165) is 0 Å². The molecule has 2 aromatic rings. The van der Waals surface area contributed by atoms with Crippen LogP contribution in [0.15, 0.2) is 30.3 Å². The second-order valence-electron chi connectivity index (χ2n) is 5.25. The highest BCUT2D eigenvalue weighted by Gasteiger charge is 2.40. The van der Waals surface area contributed by atoms with E-state index >= 15 is 0 Å². The van der Waals surface area contributed by atoms with Gasteiger partial charge in [0.15, 0.2) is 0 Å². The van der Waals surface area contributed by atoms with E-state index in [4.69, 9.17) is 4.74 Å². The molecular formula is C17H15F3N2O4S. The van der Waals surface area contributed by atoms with Crippen LogP contribution >= 0.6 is 11.3 Å². The molecule has 2 N–H and O–H groups in total. The summed E-state index contributed by atoms with van der Waals surface area (Å²) in [6.45, 7) is 2.90. The normalized spacial score (nSPS) is 11.0. The lowest BCUT2D eigenvalue weighted by Gasteiger charge is -2.08. The van der Waals surface area contributed by atoms with Gasteiger partial charge in [-0.15, -0.1) is 11.3 Å². The molecule has 0 fully saturated rings. The maximum atomic E-state index is 12.6. The Bertz CT molecular complexity index is 863. The molecule has 0 bridgehead atoms. The molecular weight excluding hydrogens is 385 g/mol. The van der Waals surface area contributed by atoms with Gasteiger partial charge in [0, 0.05) is 5.69 Å². The molecule has 0 saturated heterocycles. The summed E-state index contributed by atoms with van der Waals surface area (Å²) in [7, 11) is 0. The Labute approximate surface area is 156 Å². The highest BCUT2D eigenvalue weighted by molar-refractivity contribution is 7.19. The molecule has 0 spiro atoms. The van der Waals surface area contributed by atoms with Crippen LogP contribution in [0, 0.1) is 6.92 Å². The molecule has 10 heteroatoms. The number of benzene rings is 1. The standard InChI is InChI=1S/C17H15F3N2O4S/c1-3-26-15(24)11-9(2)12(13(23)21-10-7-5-4-6-8-10)27-14(11)22-16(25)17(18,19)20/h4-8H,3H2,1-2H3,(H,21,23)(H,22,25). The second kappa shape index (κ2) is 8.21. The van der Waals surface area contributed by atoms with Gasteiger partial charge in [-0.1, -0.05) is 18.2 Å². The molecule has 2 rings (SSSR count). The van der Waals surface area contributed by atoms with Crippen molar-refractivity contribution in [3.63, 3.8) is 0 Å². The van der Waals surface area contributed by atoms with Gasteiger partial charge in [0.2, 0.25) is 0 Å². The number of amides is 2. The largest absolute Gasteiger partial charge is 0.471 e. The molecule has 27 heavy (non-hydrogen) atoms. The minimum atomic E-state index is -5.14. The van der Waals surface area contributed by atoms with Crippen molar-refractivity contribution in [2.75, 3.05) is 17.2 Å². The summed E-state index contributed by atoms with van der Waals surface area (Å²) in [4.78, 5) is 35.9. The Balaban J connectivity index is 2.41. The monoisotopic (exact) mass is 400 g/mol. The van der Waals surface area contributed by atoms with E-state index in [-0.39, 0.29) is 22.6 Å². The first-order chi connectivity index (χ1) is 12.6. The van der Waals surface area contributed by atoms with Crippen molar-refractivity contribution >= 4 is 39.8 Å². The van der Waals surface area contributed by atoms with E-state index in [1.807, 2.05) is 0 Å². The number of ether oxygens (including phenoxy) is 1. The lowest BCUT2D eigenvalue weighted by atomic mass is 10.1. The summed E-state index contributed by atoms with van der Waals surface area (Å²) in [5.41, 5.74) is 0.302. The summed E-state index contributed by atoms with van der Waals surface area (Å²) >= 11 is 0.567. The number of carbonyl (C=O) groups excluding carboxylic acids is 3. The van der Waals surface area contributed by atoms with Crippen molar-refractivity contribution in [3.8, 4) is 0 Å². The number of esters is 1. The highest BCUT2D eigenvalue weighted by atomic mass is 32.1. The van der Waals surface area contributed by atoms with E-state index < -0.39 is 29.0 Å². The van der Waals surface area contributed by atoms with Crippen LogP contribution in [-0.4, -0.2) is 30.6 Å². The van der Waals surface area contributed by atoms with Gasteiger partial charge in [0.25, 0.3) is 5.91 Å². The van der Waals surface area contributed by atoms with Gasteiger partial charge in [-0.25, -0.2) is 4.79 Å². The van der Waals surface area contributed by atoms with Crippen molar-refractivity contribution in [1.29, 1.82) is 0 Å². The molecule has 0 aliphatic carbocycles. The summed E-state index contributed by atoms with van der Waals surface area (Å²) in [6, 6.07) is 8.38. The highest BCUT2D eigenvalue weighted by Crippen LogP contribution is 2.35. The summed E-state index contributed by atoms with van der Waals surface area (Å²) in [5.74, 6) is -3.80. The number of nitrogens with one attached hydrogen (secondary N) is 2. The van der Waals surface area contributed by atoms with Crippen LogP contribution in [0.4, 0.5) is 23.9 Å². The van der Waals surface area contributed by atoms with Crippen LogP contribution < -0.4 is 10.6 Å². The number of hydrogen-bond acceptors (Lipinski definition) is 5. The smallest absolute Gasteiger partial charge is 0.462 e. The first-order valence-electron chi connectivity index (χ1n) is 7.70. The molecule has 0 saturated carbocycles. The van der Waals surface area contributed by atoms with Crippen LogP contribution in [0.1, 0.15) is 32.5 Å². The third kappa shape index (κ3) is 4.85. The molecule has 1 heterocycles. The number of carbonyl (C=O) groups is 3. The third-order valence-electron chi connectivity index (χ3n) is 3.35. The zero-order chi connectivity index (χ0) is 20.2. The summed E-state index contributed by atoms with van der Waals surface area (Å²) < 4.78 is 42.5. The van der Waals surface area contributed by atoms with Crippen LogP contribution in [0.25, 0.3) is 0 Å². The van der Waals surface area contributed by atoms with E-state index in [9.17, 15) is 27.6 Å². The number of thiophene rings is 1. The maximum Gasteiger partial charge on any atom is 0.471 e. The van der Waals surface area contributed by atoms with Crippen molar-refractivity contribution in [2.45, 2.75) is 20.0 Å². The SMILES string of the molecule is CCOC(=O)c1c(NC(=O)C(F)(F)F)sc(C(=O)Nc2ccccc2)c1C. The maximum absolute atomic E-state index is 12.6. The topological polar surface area (TPSA) is 84.5 Å². The Hall–Kier alpha value is -2.88. The zero-order valence-electron chi connectivity index (χ0n) is 14.3. The van der Waals surface area contributed by atoms with E-state index in [1.54, 1.807) is 35.6 Å². The number of hydrogen-bond donors (Lipinski definition) is 2. The molecule has 144 valence electrons. The number of anilines is 2. The fourth-order valence-electron chi connectivity index (χ4n) is 2.15. The Kier molecular flexibility index (Phi) is 6.21. The Morgan fingerprint density at radius 3 is 2.30 bits per heavy atom. The van der Waals surface area contributed by atoms with Gasteiger partial charge >= 0.3 is 18.1 Å². The summed E-state index contributed by atoms with van der Waals surface area (Å²) in [5, 5.41) is 3.83. The van der Waals surface area contributed by atoms with Crippen LogP contribution in [0.5, 0.6) is 0 Å². The molecule has 0 unspecified atom stereocenters. The van der Waals surface area contributed by atoms with Gasteiger partial charge < -0.3 is 15.4 Å². The average molecular weight is 400 g/mol. The first kappa shape index (κ1) is 20.4. The van der Waals surface area contributed by atoms with Crippen molar-refractivity contribution in [2.24, 2.45) is 0 Å². The minimum absolute atomic E-state index is 0.0145. The third-order valence-corrected chi connectivity index (χ3v) is 4.55. The molecule has 0 aliphatic rings. The number of alkyl halides is 3. The molecule has 1 aromatic heterocycles. The van der Waals surface area contributed by atoms with Gasteiger partial charge in [0.05, 0.1) is 17.0 Å². The predicted octanol–water partition coefficient (Wildman–Crippen LogP) is 3.99. The molecule has 1 aromatic carbocycles. The fraction of sp³-hybridized carbons (Fsp3) is 0.235. The predicted molar refractivity (Wildman–Crippen MR) is 94.1 cm³/mol. The lowest BCUT2D eigenvalue weighted by Crippen LogP contribution is -2.30. The Morgan fingerprint density at radius 2 is 1.74 bits per heavy atom. The van der Waals surface area contributed by atoms with Crippen molar-refractivity contribution < 1.29 is 32.3 Å². The van der Waals surface area contributed by atoms with Gasteiger partial charge in [-0.05, 0) is 31.5 Å². The van der Waals surface area contributed by atoms with Gasteiger partial charge in [-0.3, -0.25) is 9.59 Å². The molecule has 6 nitrogen and oxygen atoms in total. The number of rotatable bonds is 5. The van der Waals surface area contributed by atoms with E-state index in [0.29, 0.717) is 17.0 Å². The quantitative estimate of drug-likeness (QED) is 0.744. The average Bonchev–Trinajstić information content (AvgIpc) is 2.91. The minimum Gasteiger partial charge on any atom is -0.462 e. The fourth-order valence-corrected chi connectivity index (χ4v) is 3.24. The molecule has 0 atom stereocenters. The van der Waals surface area contributed by atoms with Crippen molar-refractivity contribution in [3.05, 3.63) is 46.3 Å². The first-order valence-corrected chi connectivity index (χ1v) is 8.51. The summed E-state index contributed by atoms with van der Waals surface area (Å²) in [6.07, 6.45) is -5.14. The number of halogens is 3. The van der Waals surface area contributed by atoms with E-state index in [2.05, 4.69) is 5.32 Å². The lowest BCUT2D eigenvalue weighted by molar-refractivity contribution is -0.167. The van der Waals surface area contributed by atoms with E-state index in [1.165, 1.54) is 13.8 Å². The van der Waals surface area contributed by atoms with Crippen molar-refractivity contribution in [1.82, 2.24) is 0 Å². The van der Waals surface area contributed by atoms with Gasteiger partial charge in [-0.2, -0.15) is 13.2 Å². The second-order valence-corrected chi connectivity index (χ2v) is 6.27. The molecule has 2 amide bonds. The van der Waals surface area contributed by atoms with Crippen LogP contribution in [0.2, 0.25) is 0 Å². The van der Waals surface area contributed by atoms with Gasteiger partial charge in [0.1, 0.15) is 5.00 Å². The molecule has 0 aliphatic heterocycles. The zero-order valence-corrected chi connectivity index (χ0v) is 15.1.